The number of rotatable bonds is 4. The first kappa shape index (κ1) is 9.48. The molecule has 70 valence electrons. The third kappa shape index (κ3) is 2.79. The van der Waals surface area contributed by atoms with E-state index in [-0.39, 0.29) is 18.4 Å². The summed E-state index contributed by atoms with van der Waals surface area (Å²) in [5.41, 5.74) is 0. The van der Waals surface area contributed by atoms with Crippen LogP contribution in [0.2, 0.25) is 0 Å². The van der Waals surface area contributed by atoms with Crippen molar-refractivity contribution in [3.63, 3.8) is 0 Å². The molecule has 0 N–H and O–H groups in total. The maximum absolute atomic E-state index is 10.6. The topological polar surface area (TPSA) is 44.8 Å². The molecule has 0 amide bonds. The normalized spacial score (nSPS) is 25.5. The monoisotopic (exact) mass is 174 g/mol. The van der Waals surface area contributed by atoms with Gasteiger partial charge in [0.2, 0.25) is 0 Å². The van der Waals surface area contributed by atoms with Crippen LogP contribution >= 0.6 is 0 Å². The van der Waals surface area contributed by atoms with Crippen molar-refractivity contribution < 1.29 is 19.0 Å². The summed E-state index contributed by atoms with van der Waals surface area (Å²) in [6.07, 6.45) is -0.0363. The van der Waals surface area contributed by atoms with Crippen LogP contribution in [0.1, 0.15) is 20.3 Å². The van der Waals surface area contributed by atoms with Gasteiger partial charge in [0.1, 0.15) is 12.7 Å². The zero-order valence-electron chi connectivity index (χ0n) is 7.41. The molecule has 1 unspecified atom stereocenters. The van der Waals surface area contributed by atoms with Gasteiger partial charge in [-0.1, -0.05) is 0 Å². The first-order valence-electron chi connectivity index (χ1n) is 4.15. The number of cyclic esters (lactones) is 1. The molecule has 1 heterocycles. The summed E-state index contributed by atoms with van der Waals surface area (Å²) in [5, 5.41) is 0. The van der Waals surface area contributed by atoms with Gasteiger partial charge < -0.3 is 14.2 Å². The van der Waals surface area contributed by atoms with Crippen LogP contribution in [0.3, 0.4) is 0 Å². The Kier molecular flexibility index (Phi) is 3.49. The lowest BCUT2D eigenvalue weighted by Crippen LogP contribution is -2.22. The summed E-state index contributed by atoms with van der Waals surface area (Å²) in [6, 6.07) is 0. The molecule has 1 aliphatic heterocycles. The van der Waals surface area contributed by atoms with Crippen molar-refractivity contribution in [2.75, 3.05) is 13.2 Å². The lowest BCUT2D eigenvalue weighted by atomic mass is 10.3. The third-order valence-electron chi connectivity index (χ3n) is 1.61. The van der Waals surface area contributed by atoms with Crippen molar-refractivity contribution in [2.24, 2.45) is 0 Å². The first-order valence-corrected chi connectivity index (χ1v) is 4.15. The highest BCUT2D eigenvalue weighted by Gasteiger charge is 2.25. The van der Waals surface area contributed by atoms with Crippen LogP contribution in [-0.4, -0.2) is 31.6 Å². The molecule has 0 aromatic heterocycles. The summed E-state index contributed by atoms with van der Waals surface area (Å²) in [4.78, 5) is 10.6. The zero-order chi connectivity index (χ0) is 8.97. The van der Waals surface area contributed by atoms with Gasteiger partial charge in [-0.25, -0.2) is 0 Å². The van der Waals surface area contributed by atoms with Gasteiger partial charge in [0.05, 0.1) is 6.42 Å². The molecule has 0 aromatic carbocycles. The number of ether oxygens (including phenoxy) is 3. The average Bonchev–Trinajstić information content (AvgIpc) is 2.36. The summed E-state index contributed by atoms with van der Waals surface area (Å²) < 4.78 is 15.2. The van der Waals surface area contributed by atoms with Crippen molar-refractivity contribution in [2.45, 2.75) is 32.7 Å². The molecule has 0 aliphatic carbocycles. The number of hydrogen-bond donors (Lipinski definition) is 0. The fourth-order valence-electron chi connectivity index (χ4n) is 1.12. The molecule has 1 fully saturated rings. The average molecular weight is 174 g/mol. The van der Waals surface area contributed by atoms with E-state index in [9.17, 15) is 4.79 Å². The summed E-state index contributed by atoms with van der Waals surface area (Å²) >= 11 is 0. The van der Waals surface area contributed by atoms with Gasteiger partial charge >= 0.3 is 5.97 Å². The van der Waals surface area contributed by atoms with Gasteiger partial charge in [0.15, 0.2) is 6.29 Å². The van der Waals surface area contributed by atoms with Crippen LogP contribution in [0.5, 0.6) is 0 Å². The lowest BCUT2D eigenvalue weighted by molar-refractivity contribution is -0.156. The van der Waals surface area contributed by atoms with E-state index in [0.29, 0.717) is 19.6 Å². The van der Waals surface area contributed by atoms with Crippen molar-refractivity contribution in [1.82, 2.24) is 0 Å². The molecule has 1 rings (SSSR count). The molecular formula is C8H14O4. The van der Waals surface area contributed by atoms with Gasteiger partial charge in [-0.3, -0.25) is 4.79 Å². The van der Waals surface area contributed by atoms with Crippen LogP contribution in [0.25, 0.3) is 0 Å². The quantitative estimate of drug-likeness (QED) is 0.465. The predicted molar refractivity (Wildman–Crippen MR) is 41.5 cm³/mol. The van der Waals surface area contributed by atoms with Crippen molar-refractivity contribution in [1.29, 1.82) is 0 Å². The Labute approximate surface area is 71.8 Å². The number of carbonyl (C=O) groups is 1. The molecule has 1 aliphatic rings. The van der Waals surface area contributed by atoms with Crippen LogP contribution in [0.15, 0.2) is 0 Å². The van der Waals surface area contributed by atoms with Gasteiger partial charge in [-0.05, 0) is 13.8 Å². The molecule has 0 aromatic rings. The fourth-order valence-corrected chi connectivity index (χ4v) is 1.12. The predicted octanol–water partition coefficient (Wildman–Crippen LogP) is 0.701. The van der Waals surface area contributed by atoms with Crippen molar-refractivity contribution >= 4 is 5.97 Å². The van der Waals surface area contributed by atoms with Crippen LogP contribution in [0.4, 0.5) is 0 Å². The Hall–Kier alpha value is -0.610. The Balaban J connectivity index is 2.18. The molecule has 4 heteroatoms. The molecule has 0 spiro atoms. The van der Waals surface area contributed by atoms with E-state index < -0.39 is 0 Å². The second-order valence-electron chi connectivity index (χ2n) is 2.67. The largest absolute Gasteiger partial charge is 0.463 e. The smallest absolute Gasteiger partial charge is 0.308 e. The first-order chi connectivity index (χ1) is 5.72. The molecule has 0 bridgehead atoms. The Bertz CT molecular complexity index is 157. The second kappa shape index (κ2) is 4.42. The maximum atomic E-state index is 10.6. The Morgan fingerprint density at radius 3 is 3.00 bits per heavy atom. The highest BCUT2D eigenvalue weighted by atomic mass is 16.7. The van der Waals surface area contributed by atoms with Crippen LogP contribution in [-0.2, 0) is 19.0 Å². The lowest BCUT2D eigenvalue weighted by Gasteiger charge is -2.15. The number of hydrogen-bond acceptors (Lipinski definition) is 4. The second-order valence-corrected chi connectivity index (χ2v) is 2.67. The number of carbonyl (C=O) groups excluding carboxylic acids is 1. The van der Waals surface area contributed by atoms with E-state index in [1.54, 1.807) is 0 Å². The zero-order valence-corrected chi connectivity index (χ0v) is 7.41. The van der Waals surface area contributed by atoms with E-state index >= 15 is 0 Å². The van der Waals surface area contributed by atoms with Gasteiger partial charge in [0, 0.05) is 6.61 Å². The molecule has 0 radical (unpaired) electrons. The minimum Gasteiger partial charge on any atom is -0.463 e. The third-order valence-corrected chi connectivity index (χ3v) is 1.61. The van der Waals surface area contributed by atoms with E-state index in [4.69, 9.17) is 14.2 Å². The fraction of sp³-hybridized carbons (Fsp3) is 0.875. The molecule has 2 atom stereocenters. The summed E-state index contributed by atoms with van der Waals surface area (Å²) in [5.74, 6) is -0.191. The van der Waals surface area contributed by atoms with Crippen LogP contribution < -0.4 is 0 Å². The van der Waals surface area contributed by atoms with E-state index in [0.717, 1.165) is 0 Å². The Morgan fingerprint density at radius 2 is 2.50 bits per heavy atom. The highest BCUT2D eigenvalue weighted by Crippen LogP contribution is 2.12. The molecule has 1 saturated heterocycles. The standard InChI is InChI=1S/C8H14O4/c1-3-10-6(2)12-7-4-8(9)11-5-7/h6-7H,3-5H2,1-2H3/t6?,7-/m0/s1. The number of esters is 1. The van der Waals surface area contributed by atoms with Crippen molar-refractivity contribution in [3.05, 3.63) is 0 Å². The van der Waals surface area contributed by atoms with Gasteiger partial charge in [-0.15, -0.1) is 0 Å². The molecule has 12 heavy (non-hydrogen) atoms. The molecule has 4 nitrogen and oxygen atoms in total. The maximum Gasteiger partial charge on any atom is 0.308 e. The van der Waals surface area contributed by atoms with Crippen LogP contribution in [0, 0.1) is 0 Å². The Morgan fingerprint density at radius 1 is 1.75 bits per heavy atom. The summed E-state index contributed by atoms with van der Waals surface area (Å²) in [7, 11) is 0. The van der Waals surface area contributed by atoms with E-state index in [2.05, 4.69) is 0 Å². The summed E-state index contributed by atoms with van der Waals surface area (Å²) in [6.45, 7) is 4.68. The highest BCUT2D eigenvalue weighted by molar-refractivity contribution is 5.71. The molecule has 0 saturated carbocycles. The molecular weight excluding hydrogens is 160 g/mol. The minimum atomic E-state index is -0.255. The van der Waals surface area contributed by atoms with Crippen molar-refractivity contribution in [3.8, 4) is 0 Å². The SMILES string of the molecule is CCOC(C)O[C@@H]1COC(=O)C1. The van der Waals surface area contributed by atoms with E-state index in [1.807, 2.05) is 13.8 Å². The minimum absolute atomic E-state index is 0.126. The van der Waals surface area contributed by atoms with E-state index in [1.165, 1.54) is 0 Å². The van der Waals surface area contributed by atoms with Gasteiger partial charge in [-0.2, -0.15) is 0 Å². The van der Waals surface area contributed by atoms with Gasteiger partial charge in [0.25, 0.3) is 0 Å².